The van der Waals surface area contributed by atoms with Gasteiger partial charge in [0, 0.05) is 12.2 Å². The van der Waals surface area contributed by atoms with E-state index >= 15 is 0 Å². The van der Waals surface area contributed by atoms with E-state index in [1.807, 2.05) is 30.3 Å². The van der Waals surface area contributed by atoms with Crippen molar-refractivity contribution in [2.45, 2.75) is 39.3 Å². The molecule has 0 unspecified atom stereocenters. The lowest BCUT2D eigenvalue weighted by Crippen LogP contribution is -2.37. The number of nitrogens with one attached hydrogen (secondary N) is 3. The van der Waals surface area contributed by atoms with Crippen molar-refractivity contribution in [2.75, 3.05) is 19.0 Å². The normalized spacial score (nSPS) is 10.7. The lowest BCUT2D eigenvalue weighted by molar-refractivity contribution is -0.120. The molecule has 0 radical (unpaired) electrons. The van der Waals surface area contributed by atoms with Gasteiger partial charge in [-0.1, -0.05) is 24.3 Å². The molecule has 8 heteroatoms. The molecule has 2 aromatic rings. The summed E-state index contributed by atoms with van der Waals surface area (Å²) in [7, 11) is 1.58. The van der Waals surface area contributed by atoms with Crippen LogP contribution in [0.15, 0.2) is 48.5 Å². The van der Waals surface area contributed by atoms with Crippen LogP contribution >= 0.6 is 0 Å². The van der Waals surface area contributed by atoms with E-state index in [4.69, 9.17) is 9.47 Å². The van der Waals surface area contributed by atoms with Crippen LogP contribution in [0.2, 0.25) is 0 Å². The molecule has 0 saturated carbocycles. The van der Waals surface area contributed by atoms with Crippen LogP contribution in [-0.4, -0.2) is 37.2 Å². The predicted molar refractivity (Wildman–Crippen MR) is 118 cm³/mol. The van der Waals surface area contributed by atoms with Gasteiger partial charge < -0.3 is 25.4 Å². The minimum Gasteiger partial charge on any atom is -0.497 e. The van der Waals surface area contributed by atoms with Crippen LogP contribution in [0, 0.1) is 0 Å². The van der Waals surface area contributed by atoms with E-state index in [2.05, 4.69) is 16.0 Å². The second-order valence-electron chi connectivity index (χ2n) is 7.91. The van der Waals surface area contributed by atoms with Crippen LogP contribution < -0.4 is 20.7 Å². The van der Waals surface area contributed by atoms with Crippen molar-refractivity contribution < 1.29 is 23.9 Å². The number of alkyl carbamates (subject to hydrolysis) is 1. The molecule has 0 heterocycles. The highest BCUT2D eigenvalue weighted by Crippen LogP contribution is 2.14. The van der Waals surface area contributed by atoms with Crippen LogP contribution in [0.4, 0.5) is 10.5 Å². The maximum Gasteiger partial charge on any atom is 0.408 e. The van der Waals surface area contributed by atoms with Crippen molar-refractivity contribution in [3.05, 3.63) is 59.7 Å². The van der Waals surface area contributed by atoms with Gasteiger partial charge in [0.15, 0.2) is 0 Å². The summed E-state index contributed by atoms with van der Waals surface area (Å²) in [5.74, 6) is 0.198. The third kappa shape index (κ3) is 9.20. The second kappa shape index (κ2) is 11.0. The molecule has 2 aromatic carbocycles. The summed E-state index contributed by atoms with van der Waals surface area (Å²) in [6.07, 6.45) is -0.417. The Bertz CT molecular complexity index is 921. The van der Waals surface area contributed by atoms with Crippen LogP contribution in [-0.2, 0) is 27.3 Å². The highest BCUT2D eigenvalue weighted by molar-refractivity contribution is 5.93. The predicted octanol–water partition coefficient (Wildman–Crippen LogP) is 3.02. The lowest BCUT2D eigenvalue weighted by atomic mass is 10.1. The summed E-state index contributed by atoms with van der Waals surface area (Å²) in [5.41, 5.74) is 1.62. The van der Waals surface area contributed by atoms with Gasteiger partial charge in [0.2, 0.25) is 11.8 Å². The molecule has 2 rings (SSSR count). The van der Waals surface area contributed by atoms with Gasteiger partial charge >= 0.3 is 6.09 Å². The Balaban J connectivity index is 1.81. The number of benzene rings is 2. The van der Waals surface area contributed by atoms with Gasteiger partial charge in [-0.15, -0.1) is 0 Å². The number of ether oxygens (including phenoxy) is 2. The van der Waals surface area contributed by atoms with Crippen molar-refractivity contribution in [1.82, 2.24) is 10.6 Å². The zero-order chi connectivity index (χ0) is 22.9. The summed E-state index contributed by atoms with van der Waals surface area (Å²) < 4.78 is 10.3. The number of hydrogen-bond acceptors (Lipinski definition) is 5. The van der Waals surface area contributed by atoms with Crippen molar-refractivity contribution in [3.8, 4) is 5.75 Å². The summed E-state index contributed by atoms with van der Waals surface area (Å²) in [5, 5.41) is 7.97. The molecule has 31 heavy (non-hydrogen) atoms. The highest BCUT2D eigenvalue weighted by Gasteiger charge is 2.16. The Hall–Kier alpha value is -3.55. The van der Waals surface area contributed by atoms with E-state index in [9.17, 15) is 14.4 Å². The average Bonchev–Trinajstić information content (AvgIpc) is 2.70. The minimum atomic E-state index is -0.657. The fourth-order valence-corrected chi connectivity index (χ4v) is 2.66. The Morgan fingerprint density at radius 2 is 1.61 bits per heavy atom. The molecule has 0 bridgehead atoms. The number of hydrogen-bond donors (Lipinski definition) is 3. The topological polar surface area (TPSA) is 106 Å². The zero-order valence-corrected chi connectivity index (χ0v) is 18.3. The lowest BCUT2D eigenvalue weighted by Gasteiger charge is -2.19. The van der Waals surface area contributed by atoms with Gasteiger partial charge in [0.05, 0.1) is 13.5 Å². The number of carbonyl (C=O) groups excluding carboxylic acids is 3. The molecule has 0 atom stereocenters. The van der Waals surface area contributed by atoms with E-state index < -0.39 is 11.7 Å². The number of amides is 3. The Kier molecular flexibility index (Phi) is 8.43. The van der Waals surface area contributed by atoms with E-state index in [1.54, 1.807) is 46.1 Å². The molecule has 3 N–H and O–H groups in total. The monoisotopic (exact) mass is 427 g/mol. The average molecular weight is 428 g/mol. The van der Waals surface area contributed by atoms with Gasteiger partial charge in [-0.25, -0.2) is 4.79 Å². The van der Waals surface area contributed by atoms with Gasteiger partial charge in [-0.3, -0.25) is 9.59 Å². The summed E-state index contributed by atoms with van der Waals surface area (Å²) in [4.78, 5) is 35.9. The SMILES string of the molecule is COc1cccc(CC(=O)NCc2cccc(NC(=O)CNC(=O)OC(C)(C)C)c2)c1. The molecule has 3 amide bonds. The summed E-state index contributed by atoms with van der Waals surface area (Å²) in [6, 6.07) is 14.5. The molecule has 0 fully saturated rings. The van der Waals surface area contributed by atoms with Crippen LogP contribution in [0.25, 0.3) is 0 Å². The zero-order valence-electron chi connectivity index (χ0n) is 18.3. The standard InChI is InChI=1S/C23H29N3O5/c1-23(2,3)31-22(29)25-15-21(28)26-18-9-5-8-17(11-18)14-24-20(27)13-16-7-6-10-19(12-16)30-4/h5-12H,13-15H2,1-4H3,(H,24,27)(H,25,29)(H,26,28). The van der Waals surface area contributed by atoms with Crippen molar-refractivity contribution in [1.29, 1.82) is 0 Å². The molecule has 0 saturated heterocycles. The second-order valence-corrected chi connectivity index (χ2v) is 7.91. The highest BCUT2D eigenvalue weighted by atomic mass is 16.6. The number of methoxy groups -OCH3 is 1. The smallest absolute Gasteiger partial charge is 0.408 e. The quantitative estimate of drug-likeness (QED) is 0.601. The van der Waals surface area contributed by atoms with E-state index in [-0.39, 0.29) is 24.8 Å². The maximum atomic E-state index is 12.2. The first-order valence-electron chi connectivity index (χ1n) is 9.90. The number of carbonyl (C=O) groups is 3. The van der Waals surface area contributed by atoms with Gasteiger partial charge in [0.1, 0.15) is 17.9 Å². The van der Waals surface area contributed by atoms with E-state index in [1.165, 1.54) is 0 Å². The summed E-state index contributed by atoms with van der Waals surface area (Å²) in [6.45, 7) is 5.34. The molecule has 0 aromatic heterocycles. The third-order valence-electron chi connectivity index (χ3n) is 3.99. The molecule has 0 aliphatic carbocycles. The summed E-state index contributed by atoms with van der Waals surface area (Å²) >= 11 is 0. The molecular weight excluding hydrogens is 398 g/mol. The van der Waals surface area contributed by atoms with Crippen molar-refractivity contribution in [2.24, 2.45) is 0 Å². The maximum absolute atomic E-state index is 12.2. The number of rotatable bonds is 8. The fraction of sp³-hybridized carbons (Fsp3) is 0.348. The van der Waals surface area contributed by atoms with E-state index in [0.717, 1.165) is 11.1 Å². The Morgan fingerprint density at radius 1 is 0.903 bits per heavy atom. The molecule has 0 spiro atoms. The molecule has 8 nitrogen and oxygen atoms in total. The van der Waals surface area contributed by atoms with Gasteiger partial charge in [-0.2, -0.15) is 0 Å². The molecular formula is C23H29N3O5. The first-order chi connectivity index (χ1) is 14.6. The molecule has 166 valence electrons. The van der Waals surface area contributed by atoms with Gasteiger partial charge in [-0.05, 0) is 56.2 Å². The largest absolute Gasteiger partial charge is 0.497 e. The molecule has 0 aliphatic rings. The number of anilines is 1. The van der Waals surface area contributed by atoms with Gasteiger partial charge in [0.25, 0.3) is 0 Å². The molecule has 0 aliphatic heterocycles. The van der Waals surface area contributed by atoms with Crippen molar-refractivity contribution >= 4 is 23.6 Å². The van der Waals surface area contributed by atoms with Crippen LogP contribution in [0.5, 0.6) is 5.75 Å². The Labute approximate surface area is 182 Å². The fourth-order valence-electron chi connectivity index (χ4n) is 2.66. The minimum absolute atomic E-state index is 0.121. The Morgan fingerprint density at radius 3 is 2.32 bits per heavy atom. The van der Waals surface area contributed by atoms with Crippen LogP contribution in [0.3, 0.4) is 0 Å². The third-order valence-corrected chi connectivity index (χ3v) is 3.99. The van der Waals surface area contributed by atoms with Crippen molar-refractivity contribution in [3.63, 3.8) is 0 Å². The first-order valence-corrected chi connectivity index (χ1v) is 9.90. The van der Waals surface area contributed by atoms with E-state index in [0.29, 0.717) is 18.0 Å². The first kappa shape index (κ1) is 23.7. The van der Waals surface area contributed by atoms with Crippen LogP contribution in [0.1, 0.15) is 31.9 Å².